The van der Waals surface area contributed by atoms with Crippen molar-refractivity contribution in [1.82, 2.24) is 20.2 Å². The summed E-state index contributed by atoms with van der Waals surface area (Å²) in [5.41, 5.74) is 1.90. The number of hydrogen-bond acceptors (Lipinski definition) is 4. The highest BCUT2D eigenvalue weighted by Crippen LogP contribution is 2.18. The molecule has 2 aromatic heterocycles. The van der Waals surface area contributed by atoms with Crippen molar-refractivity contribution in [3.63, 3.8) is 0 Å². The average molecular weight is 346 g/mol. The van der Waals surface area contributed by atoms with Gasteiger partial charge < -0.3 is 10.6 Å². The Bertz CT molecular complexity index is 664. The lowest BCUT2D eigenvalue weighted by Crippen LogP contribution is -2.34. The van der Waals surface area contributed by atoms with Gasteiger partial charge in [-0.15, -0.1) is 0 Å². The van der Waals surface area contributed by atoms with Gasteiger partial charge in [0, 0.05) is 32.0 Å². The third kappa shape index (κ3) is 4.91. The molecule has 7 heteroatoms. The highest BCUT2D eigenvalue weighted by Gasteiger charge is 2.22. The van der Waals surface area contributed by atoms with Crippen molar-refractivity contribution in [2.45, 2.75) is 13.0 Å². The van der Waals surface area contributed by atoms with Crippen LogP contribution >= 0.6 is 11.6 Å². The summed E-state index contributed by atoms with van der Waals surface area (Å²) in [6, 6.07) is 7.23. The highest BCUT2D eigenvalue weighted by molar-refractivity contribution is 6.29. The van der Waals surface area contributed by atoms with E-state index in [-0.39, 0.29) is 6.03 Å². The van der Waals surface area contributed by atoms with Crippen LogP contribution in [0.1, 0.15) is 12.0 Å². The fraction of sp³-hybridized carbons (Fsp3) is 0.353. The number of nitrogens with zero attached hydrogens (tertiary/aromatic N) is 3. The maximum absolute atomic E-state index is 11.9. The summed E-state index contributed by atoms with van der Waals surface area (Å²) in [6.45, 7) is 3.64. The van der Waals surface area contributed by atoms with Crippen molar-refractivity contribution >= 4 is 23.3 Å². The molecule has 2 N–H and O–H groups in total. The Balaban J connectivity index is 1.39. The van der Waals surface area contributed by atoms with Gasteiger partial charge in [0.1, 0.15) is 5.15 Å². The molecular formula is C17H20ClN5O. The first-order valence-electron chi connectivity index (χ1n) is 7.97. The topological polar surface area (TPSA) is 70.2 Å². The Morgan fingerprint density at radius 2 is 2.12 bits per heavy atom. The van der Waals surface area contributed by atoms with Gasteiger partial charge in [-0.25, -0.2) is 9.78 Å². The lowest BCUT2D eigenvalue weighted by molar-refractivity contribution is 0.249. The van der Waals surface area contributed by atoms with Gasteiger partial charge in [-0.2, -0.15) is 0 Å². The van der Waals surface area contributed by atoms with Gasteiger partial charge in [-0.1, -0.05) is 11.6 Å². The molecule has 126 valence electrons. The molecule has 0 aromatic carbocycles. The van der Waals surface area contributed by atoms with Crippen LogP contribution in [0.25, 0.3) is 0 Å². The molecule has 1 atom stereocenters. The van der Waals surface area contributed by atoms with E-state index in [4.69, 9.17) is 11.6 Å². The van der Waals surface area contributed by atoms with E-state index in [1.54, 1.807) is 12.1 Å². The molecule has 2 amide bonds. The molecule has 1 fully saturated rings. The molecule has 0 radical (unpaired) electrons. The first-order valence-corrected chi connectivity index (χ1v) is 8.34. The second kappa shape index (κ2) is 8.08. The van der Waals surface area contributed by atoms with Crippen molar-refractivity contribution in [3.8, 4) is 0 Å². The normalized spacial score (nSPS) is 17.6. The number of likely N-dealkylation sites (tertiary alicyclic amines) is 1. The van der Waals surface area contributed by atoms with Crippen LogP contribution in [0.5, 0.6) is 0 Å². The molecule has 24 heavy (non-hydrogen) atoms. The fourth-order valence-corrected chi connectivity index (χ4v) is 2.94. The largest absolute Gasteiger partial charge is 0.338 e. The fourth-order valence-electron chi connectivity index (χ4n) is 2.83. The Morgan fingerprint density at radius 3 is 2.88 bits per heavy atom. The van der Waals surface area contributed by atoms with Crippen LogP contribution in [0, 0.1) is 5.92 Å². The molecule has 3 rings (SSSR count). The standard InChI is InChI=1S/C17H20ClN5O/c18-16-2-1-15(10-20-16)22-17(24)21-9-14-5-8-23(12-14)11-13-3-6-19-7-4-13/h1-4,6-7,10,14H,5,8-9,11-12H2,(H2,21,22,24)/t14-/m1/s1. The molecule has 2 aromatic rings. The second-order valence-corrected chi connectivity index (χ2v) is 6.34. The molecule has 1 aliphatic rings. The van der Waals surface area contributed by atoms with E-state index in [2.05, 4.69) is 25.5 Å². The summed E-state index contributed by atoms with van der Waals surface area (Å²) >= 11 is 5.72. The molecule has 1 saturated heterocycles. The van der Waals surface area contributed by atoms with E-state index in [1.165, 1.54) is 11.8 Å². The molecular weight excluding hydrogens is 326 g/mol. The maximum atomic E-state index is 11.9. The molecule has 0 aliphatic carbocycles. The first-order chi connectivity index (χ1) is 11.7. The number of carbonyl (C=O) groups is 1. The number of rotatable bonds is 5. The zero-order valence-electron chi connectivity index (χ0n) is 13.3. The Labute approximate surface area is 146 Å². The number of halogens is 1. The molecule has 3 heterocycles. The third-order valence-corrected chi connectivity index (χ3v) is 4.29. The van der Waals surface area contributed by atoms with Crippen molar-refractivity contribution in [2.24, 2.45) is 5.92 Å². The lowest BCUT2D eigenvalue weighted by Gasteiger charge is -2.16. The number of pyridine rings is 2. The summed E-state index contributed by atoms with van der Waals surface area (Å²) < 4.78 is 0. The van der Waals surface area contributed by atoms with E-state index >= 15 is 0 Å². The monoisotopic (exact) mass is 345 g/mol. The predicted octanol–water partition coefficient (Wildman–Crippen LogP) is 2.77. The number of aromatic nitrogens is 2. The summed E-state index contributed by atoms with van der Waals surface area (Å²) in [7, 11) is 0. The van der Waals surface area contributed by atoms with Crippen molar-refractivity contribution in [1.29, 1.82) is 0 Å². The summed E-state index contributed by atoms with van der Waals surface area (Å²) in [6.07, 6.45) is 6.27. The van der Waals surface area contributed by atoms with Crippen LogP contribution in [0.4, 0.5) is 10.5 Å². The van der Waals surface area contributed by atoms with Crippen LogP contribution in [-0.2, 0) is 6.54 Å². The van der Waals surface area contributed by atoms with Gasteiger partial charge in [0.15, 0.2) is 0 Å². The highest BCUT2D eigenvalue weighted by atomic mass is 35.5. The minimum Gasteiger partial charge on any atom is -0.338 e. The minimum atomic E-state index is -0.216. The first kappa shape index (κ1) is 16.7. The summed E-state index contributed by atoms with van der Waals surface area (Å²) in [5, 5.41) is 6.08. The number of hydrogen-bond donors (Lipinski definition) is 2. The Kier molecular flexibility index (Phi) is 5.61. The van der Waals surface area contributed by atoms with Crippen molar-refractivity contribution < 1.29 is 4.79 Å². The van der Waals surface area contributed by atoms with Gasteiger partial charge in [-0.05, 0) is 48.7 Å². The number of nitrogens with one attached hydrogen (secondary N) is 2. The smallest absolute Gasteiger partial charge is 0.319 e. The summed E-state index contributed by atoms with van der Waals surface area (Å²) in [4.78, 5) is 22.3. The molecule has 0 spiro atoms. The van der Waals surface area contributed by atoms with Crippen LogP contribution in [0.2, 0.25) is 5.15 Å². The van der Waals surface area contributed by atoms with Crippen LogP contribution in [-0.4, -0.2) is 40.5 Å². The zero-order chi connectivity index (χ0) is 16.8. The van der Waals surface area contributed by atoms with Crippen molar-refractivity contribution in [2.75, 3.05) is 25.0 Å². The predicted molar refractivity (Wildman–Crippen MR) is 93.9 cm³/mol. The van der Waals surface area contributed by atoms with Crippen LogP contribution in [0.15, 0.2) is 42.9 Å². The average Bonchev–Trinajstić information content (AvgIpc) is 3.03. The zero-order valence-corrected chi connectivity index (χ0v) is 14.0. The molecule has 0 unspecified atom stereocenters. The van der Waals surface area contributed by atoms with Crippen LogP contribution in [0.3, 0.4) is 0 Å². The second-order valence-electron chi connectivity index (χ2n) is 5.95. The Hall–Kier alpha value is -2.18. The van der Waals surface area contributed by atoms with Gasteiger partial charge in [0.05, 0.1) is 11.9 Å². The van der Waals surface area contributed by atoms with Gasteiger partial charge >= 0.3 is 6.03 Å². The van der Waals surface area contributed by atoms with E-state index in [1.807, 2.05) is 24.5 Å². The van der Waals surface area contributed by atoms with Crippen LogP contribution < -0.4 is 10.6 Å². The van der Waals surface area contributed by atoms with Gasteiger partial charge in [0.25, 0.3) is 0 Å². The maximum Gasteiger partial charge on any atom is 0.319 e. The molecule has 0 saturated carbocycles. The van der Waals surface area contributed by atoms with E-state index in [0.717, 1.165) is 26.1 Å². The third-order valence-electron chi connectivity index (χ3n) is 4.06. The summed E-state index contributed by atoms with van der Waals surface area (Å²) in [5.74, 6) is 0.473. The molecule has 1 aliphatic heterocycles. The molecule has 0 bridgehead atoms. The lowest BCUT2D eigenvalue weighted by atomic mass is 10.1. The van der Waals surface area contributed by atoms with E-state index in [0.29, 0.717) is 23.3 Å². The van der Waals surface area contributed by atoms with Gasteiger partial charge in [0.2, 0.25) is 0 Å². The number of carbonyl (C=O) groups excluding carboxylic acids is 1. The number of urea groups is 1. The minimum absolute atomic E-state index is 0.216. The molecule has 6 nitrogen and oxygen atoms in total. The van der Waals surface area contributed by atoms with E-state index < -0.39 is 0 Å². The quantitative estimate of drug-likeness (QED) is 0.817. The van der Waals surface area contributed by atoms with Crippen molar-refractivity contribution in [3.05, 3.63) is 53.6 Å². The van der Waals surface area contributed by atoms with Gasteiger partial charge in [-0.3, -0.25) is 9.88 Å². The SMILES string of the molecule is O=C(NC[C@H]1CCN(Cc2ccncc2)C1)Nc1ccc(Cl)nc1. The Morgan fingerprint density at radius 1 is 1.29 bits per heavy atom. The number of anilines is 1. The van der Waals surface area contributed by atoms with E-state index in [9.17, 15) is 4.79 Å². The number of amides is 2.